The van der Waals surface area contributed by atoms with Crippen LogP contribution in [0, 0.1) is 22.7 Å². The normalized spacial score (nSPS) is 8.54. The predicted molar refractivity (Wildman–Crippen MR) is 53.0 cm³/mol. The van der Waals surface area contributed by atoms with Crippen molar-refractivity contribution in [2.75, 3.05) is 11.9 Å². The predicted octanol–water partition coefficient (Wildman–Crippen LogP) is 2.26. The van der Waals surface area contributed by atoms with E-state index in [1.807, 2.05) is 12.1 Å². The monoisotopic (exact) mass is 235 g/mol. The van der Waals surface area contributed by atoms with Gasteiger partial charge in [-0.2, -0.15) is 10.5 Å². The molecule has 0 aliphatic rings. The van der Waals surface area contributed by atoms with E-state index >= 15 is 0 Å². The van der Waals surface area contributed by atoms with Crippen molar-refractivity contribution >= 4 is 21.6 Å². The van der Waals surface area contributed by atoms with Crippen LogP contribution in [0.3, 0.4) is 0 Å². The summed E-state index contributed by atoms with van der Waals surface area (Å²) in [5, 5.41) is 19.8. The first-order valence-corrected chi connectivity index (χ1v) is 4.37. The molecule has 13 heavy (non-hydrogen) atoms. The molecule has 1 N–H and O–H groups in total. The van der Waals surface area contributed by atoms with Crippen LogP contribution in [0.2, 0.25) is 0 Å². The third kappa shape index (κ3) is 2.47. The molecular weight excluding hydrogens is 230 g/mol. The molecule has 0 saturated carbocycles. The number of nitrogens with zero attached hydrogens (tertiary/aromatic N) is 2. The van der Waals surface area contributed by atoms with E-state index in [-0.39, 0.29) is 6.54 Å². The lowest BCUT2D eigenvalue weighted by Crippen LogP contribution is -1.98. The van der Waals surface area contributed by atoms with Crippen LogP contribution in [0.15, 0.2) is 22.7 Å². The summed E-state index contributed by atoms with van der Waals surface area (Å²) in [6.45, 7) is 0.254. The molecule has 0 radical (unpaired) electrons. The van der Waals surface area contributed by atoms with Crippen LogP contribution >= 0.6 is 15.9 Å². The molecule has 0 aliphatic carbocycles. The summed E-state index contributed by atoms with van der Waals surface area (Å²) in [6.07, 6.45) is 0. The lowest BCUT2D eigenvalue weighted by atomic mass is 10.2. The molecule has 0 unspecified atom stereocenters. The topological polar surface area (TPSA) is 59.6 Å². The molecule has 0 fully saturated rings. The minimum Gasteiger partial charge on any atom is -0.371 e. The summed E-state index contributed by atoms with van der Waals surface area (Å²) in [4.78, 5) is 0. The van der Waals surface area contributed by atoms with Gasteiger partial charge in [0.1, 0.15) is 6.54 Å². The van der Waals surface area contributed by atoms with Gasteiger partial charge in [-0.05, 0) is 34.1 Å². The fraction of sp³-hybridized carbons (Fsp3) is 0.111. The maximum Gasteiger partial charge on any atom is 0.103 e. The summed E-state index contributed by atoms with van der Waals surface area (Å²) >= 11 is 3.30. The van der Waals surface area contributed by atoms with E-state index in [1.54, 1.807) is 18.2 Å². The average Bonchev–Trinajstić information content (AvgIpc) is 2.16. The van der Waals surface area contributed by atoms with Crippen molar-refractivity contribution in [3.8, 4) is 12.1 Å². The Kier molecular flexibility index (Phi) is 3.31. The second kappa shape index (κ2) is 4.49. The Hall–Kier alpha value is -1.52. The maximum absolute atomic E-state index is 8.59. The van der Waals surface area contributed by atoms with Crippen molar-refractivity contribution in [2.45, 2.75) is 0 Å². The highest BCUT2D eigenvalue weighted by atomic mass is 79.9. The van der Waals surface area contributed by atoms with Crippen LogP contribution in [-0.4, -0.2) is 6.54 Å². The van der Waals surface area contributed by atoms with Crippen LogP contribution in [0.4, 0.5) is 5.69 Å². The molecule has 4 heteroatoms. The number of nitrogens with one attached hydrogen (secondary N) is 1. The van der Waals surface area contributed by atoms with Gasteiger partial charge in [0.2, 0.25) is 0 Å². The van der Waals surface area contributed by atoms with E-state index in [0.717, 1.165) is 10.2 Å². The lowest BCUT2D eigenvalue weighted by molar-refractivity contribution is 1.31. The first-order chi connectivity index (χ1) is 6.27. The van der Waals surface area contributed by atoms with Gasteiger partial charge in [0.15, 0.2) is 0 Å². The molecule has 1 aromatic rings. The van der Waals surface area contributed by atoms with Crippen molar-refractivity contribution in [1.82, 2.24) is 0 Å². The highest BCUT2D eigenvalue weighted by Crippen LogP contribution is 2.22. The average molecular weight is 236 g/mol. The Morgan fingerprint density at radius 2 is 2.15 bits per heavy atom. The van der Waals surface area contributed by atoms with Crippen LogP contribution in [-0.2, 0) is 0 Å². The van der Waals surface area contributed by atoms with Crippen LogP contribution in [0.25, 0.3) is 0 Å². The number of benzene rings is 1. The molecule has 0 atom stereocenters. The number of hydrogen-bond acceptors (Lipinski definition) is 3. The van der Waals surface area contributed by atoms with Crippen LogP contribution in [0.1, 0.15) is 5.56 Å². The highest BCUT2D eigenvalue weighted by Gasteiger charge is 1.99. The molecule has 0 spiro atoms. The SMILES string of the molecule is N#CCNc1ccc(C#N)cc1Br. The Balaban J connectivity index is 2.88. The zero-order chi connectivity index (χ0) is 9.68. The molecular formula is C9H6BrN3. The largest absolute Gasteiger partial charge is 0.371 e. The smallest absolute Gasteiger partial charge is 0.103 e. The summed E-state index contributed by atoms with van der Waals surface area (Å²) < 4.78 is 0.793. The molecule has 1 rings (SSSR count). The van der Waals surface area contributed by atoms with Gasteiger partial charge in [0, 0.05) is 10.2 Å². The molecule has 64 valence electrons. The Morgan fingerprint density at radius 3 is 2.69 bits per heavy atom. The van der Waals surface area contributed by atoms with Crippen molar-refractivity contribution < 1.29 is 0 Å². The quantitative estimate of drug-likeness (QED) is 0.801. The Bertz CT molecular complexity index is 387. The Morgan fingerprint density at radius 1 is 1.38 bits per heavy atom. The molecule has 0 saturated heterocycles. The zero-order valence-electron chi connectivity index (χ0n) is 6.71. The van der Waals surface area contributed by atoms with Gasteiger partial charge < -0.3 is 5.32 Å². The van der Waals surface area contributed by atoms with Gasteiger partial charge in [0.25, 0.3) is 0 Å². The molecule has 0 aliphatic heterocycles. The van der Waals surface area contributed by atoms with Crippen LogP contribution < -0.4 is 5.32 Å². The van der Waals surface area contributed by atoms with Crippen LogP contribution in [0.5, 0.6) is 0 Å². The van der Waals surface area contributed by atoms with Gasteiger partial charge in [0.05, 0.1) is 17.7 Å². The molecule has 0 aromatic heterocycles. The van der Waals surface area contributed by atoms with E-state index in [9.17, 15) is 0 Å². The number of hydrogen-bond donors (Lipinski definition) is 1. The maximum atomic E-state index is 8.59. The van der Waals surface area contributed by atoms with Gasteiger partial charge >= 0.3 is 0 Å². The van der Waals surface area contributed by atoms with Crippen molar-refractivity contribution in [2.24, 2.45) is 0 Å². The first kappa shape index (κ1) is 9.57. The molecule has 0 amide bonds. The van der Waals surface area contributed by atoms with Crippen molar-refractivity contribution in [3.63, 3.8) is 0 Å². The molecule has 0 bridgehead atoms. The summed E-state index contributed by atoms with van der Waals surface area (Å²) in [5.41, 5.74) is 1.41. The van der Waals surface area contributed by atoms with E-state index < -0.39 is 0 Å². The van der Waals surface area contributed by atoms with E-state index in [4.69, 9.17) is 10.5 Å². The molecule has 3 nitrogen and oxygen atoms in total. The van der Waals surface area contributed by atoms with Gasteiger partial charge in [-0.3, -0.25) is 0 Å². The lowest BCUT2D eigenvalue weighted by Gasteiger charge is -2.03. The van der Waals surface area contributed by atoms with Gasteiger partial charge in [-0.25, -0.2) is 0 Å². The fourth-order valence-electron chi connectivity index (χ4n) is 0.863. The summed E-state index contributed by atoms with van der Waals surface area (Å²) in [6, 6.07) is 9.17. The standard InChI is InChI=1S/C9H6BrN3/c10-8-5-7(6-12)1-2-9(8)13-4-3-11/h1-2,5,13H,4H2. The minimum atomic E-state index is 0.254. The minimum absolute atomic E-state index is 0.254. The first-order valence-electron chi connectivity index (χ1n) is 3.58. The number of rotatable bonds is 2. The third-order valence-corrected chi connectivity index (χ3v) is 2.11. The van der Waals surface area contributed by atoms with Crippen molar-refractivity contribution in [3.05, 3.63) is 28.2 Å². The van der Waals surface area contributed by atoms with E-state index in [1.165, 1.54) is 0 Å². The highest BCUT2D eigenvalue weighted by molar-refractivity contribution is 9.10. The number of anilines is 1. The van der Waals surface area contributed by atoms with Crippen molar-refractivity contribution in [1.29, 1.82) is 10.5 Å². The van der Waals surface area contributed by atoms with Gasteiger partial charge in [-0.1, -0.05) is 0 Å². The summed E-state index contributed by atoms with van der Waals surface area (Å²) in [7, 11) is 0. The Labute approximate surface area is 84.7 Å². The number of halogens is 1. The van der Waals surface area contributed by atoms with Gasteiger partial charge in [-0.15, -0.1) is 0 Å². The molecule has 1 aromatic carbocycles. The molecule has 0 heterocycles. The second-order valence-corrected chi connectivity index (χ2v) is 3.17. The van der Waals surface area contributed by atoms with E-state index in [2.05, 4.69) is 21.2 Å². The zero-order valence-corrected chi connectivity index (χ0v) is 8.30. The number of nitriles is 2. The summed E-state index contributed by atoms with van der Waals surface area (Å²) in [5.74, 6) is 0. The second-order valence-electron chi connectivity index (χ2n) is 2.32. The third-order valence-electron chi connectivity index (χ3n) is 1.46. The van der Waals surface area contributed by atoms with E-state index in [0.29, 0.717) is 5.56 Å². The fourth-order valence-corrected chi connectivity index (χ4v) is 1.38.